The number of carboxylic acid groups (broad SMARTS) is 1. The maximum absolute atomic E-state index is 11.9. The second kappa shape index (κ2) is 9.95. The summed E-state index contributed by atoms with van der Waals surface area (Å²) in [7, 11) is 1.32. The van der Waals surface area contributed by atoms with E-state index in [1.165, 1.54) is 25.3 Å². The molecule has 9 nitrogen and oxygen atoms in total. The molecule has 0 fully saturated rings. The van der Waals surface area contributed by atoms with Gasteiger partial charge in [0.1, 0.15) is 6.61 Å². The molecule has 3 aromatic carbocycles. The zero-order valence-corrected chi connectivity index (χ0v) is 17.0. The van der Waals surface area contributed by atoms with Crippen LogP contribution in [0.1, 0.15) is 22.7 Å². The first-order valence-corrected chi connectivity index (χ1v) is 9.45. The Kier molecular flexibility index (Phi) is 6.88. The molecule has 0 amide bonds. The number of nitriles is 1. The van der Waals surface area contributed by atoms with E-state index in [1.54, 1.807) is 12.1 Å². The van der Waals surface area contributed by atoms with Gasteiger partial charge in [-0.2, -0.15) is 5.26 Å². The van der Waals surface area contributed by atoms with Crippen molar-refractivity contribution in [3.63, 3.8) is 0 Å². The van der Waals surface area contributed by atoms with E-state index < -0.39 is 22.6 Å². The highest BCUT2D eigenvalue weighted by atomic mass is 16.6. The van der Waals surface area contributed by atoms with Crippen LogP contribution in [0.4, 0.5) is 11.4 Å². The van der Waals surface area contributed by atoms with Crippen molar-refractivity contribution in [2.24, 2.45) is 0 Å². The van der Waals surface area contributed by atoms with Gasteiger partial charge in [-0.05, 0) is 41.5 Å². The fourth-order valence-corrected chi connectivity index (χ4v) is 3.03. The number of hydrogen-bond donors (Lipinski definition) is 2. The summed E-state index contributed by atoms with van der Waals surface area (Å²) in [6.45, 7) is 0.0727. The maximum atomic E-state index is 11.9. The topological polar surface area (TPSA) is 135 Å². The van der Waals surface area contributed by atoms with E-state index in [9.17, 15) is 20.0 Å². The van der Waals surface area contributed by atoms with Gasteiger partial charge in [0.2, 0.25) is 5.75 Å². The van der Waals surface area contributed by atoms with Crippen molar-refractivity contribution in [3.8, 4) is 17.6 Å². The molecule has 0 aliphatic rings. The monoisotopic (exact) mass is 433 g/mol. The zero-order chi connectivity index (χ0) is 23.1. The predicted molar refractivity (Wildman–Crippen MR) is 116 cm³/mol. The van der Waals surface area contributed by atoms with Crippen LogP contribution in [0.15, 0.2) is 66.7 Å². The van der Waals surface area contributed by atoms with Crippen LogP contribution in [0.25, 0.3) is 0 Å². The van der Waals surface area contributed by atoms with Gasteiger partial charge in [0.05, 0.1) is 23.7 Å². The van der Waals surface area contributed by atoms with Gasteiger partial charge in [-0.15, -0.1) is 0 Å². The van der Waals surface area contributed by atoms with E-state index in [2.05, 4.69) is 5.32 Å². The molecule has 0 heterocycles. The first-order chi connectivity index (χ1) is 15.4. The summed E-state index contributed by atoms with van der Waals surface area (Å²) in [5, 5.41) is 33.2. The van der Waals surface area contributed by atoms with Crippen LogP contribution in [0.3, 0.4) is 0 Å². The number of carbonyl (C=O) groups is 1. The molecule has 9 heteroatoms. The summed E-state index contributed by atoms with van der Waals surface area (Å²) in [6.07, 6.45) is 0. The third-order valence-corrected chi connectivity index (χ3v) is 4.61. The molecule has 1 atom stereocenters. The maximum Gasteiger partial charge on any atom is 0.330 e. The highest BCUT2D eigenvalue weighted by Crippen LogP contribution is 2.40. The van der Waals surface area contributed by atoms with E-state index >= 15 is 0 Å². The van der Waals surface area contributed by atoms with E-state index in [-0.39, 0.29) is 23.7 Å². The lowest BCUT2D eigenvalue weighted by atomic mass is 10.0. The standard InChI is InChI=1S/C23H19N3O6/c1-31-20-12-17(21(23(27)28)25-18-9-7-15(13-24)8-10-18)11-19(26(29)30)22(20)32-14-16-5-3-2-4-6-16/h2-12,21,25H,14H2,1H3,(H,27,28). The van der Waals surface area contributed by atoms with Gasteiger partial charge in [0, 0.05) is 11.8 Å². The lowest BCUT2D eigenvalue weighted by Gasteiger charge is -2.18. The summed E-state index contributed by atoms with van der Waals surface area (Å²) in [6, 6.07) is 18.5. The van der Waals surface area contributed by atoms with E-state index in [4.69, 9.17) is 14.7 Å². The summed E-state index contributed by atoms with van der Waals surface area (Å²) in [4.78, 5) is 23.0. The third kappa shape index (κ3) is 5.12. The Bertz CT molecular complexity index is 1160. The van der Waals surface area contributed by atoms with Crippen molar-refractivity contribution in [3.05, 3.63) is 93.5 Å². The van der Waals surface area contributed by atoms with E-state index in [0.29, 0.717) is 11.3 Å². The van der Waals surface area contributed by atoms with Gasteiger partial charge >= 0.3 is 11.7 Å². The summed E-state index contributed by atoms with van der Waals surface area (Å²) < 4.78 is 11.0. The van der Waals surface area contributed by atoms with Gasteiger partial charge in [0.25, 0.3) is 0 Å². The Morgan fingerprint density at radius 2 is 1.88 bits per heavy atom. The Hall–Kier alpha value is -4.58. The third-order valence-electron chi connectivity index (χ3n) is 4.61. The molecule has 1 unspecified atom stereocenters. The number of nitrogens with zero attached hydrogens (tertiary/aromatic N) is 2. The van der Waals surface area contributed by atoms with Crippen molar-refractivity contribution in [2.75, 3.05) is 12.4 Å². The van der Waals surface area contributed by atoms with Crippen LogP contribution in [0.2, 0.25) is 0 Å². The number of hydrogen-bond acceptors (Lipinski definition) is 7. The van der Waals surface area contributed by atoms with Crippen molar-refractivity contribution in [1.29, 1.82) is 5.26 Å². The highest BCUT2D eigenvalue weighted by molar-refractivity contribution is 5.80. The van der Waals surface area contributed by atoms with E-state index in [0.717, 1.165) is 11.6 Å². The molecular weight excluding hydrogens is 414 g/mol. The molecular formula is C23H19N3O6. The molecule has 0 aromatic heterocycles. The van der Waals surface area contributed by atoms with Crippen LogP contribution < -0.4 is 14.8 Å². The second-order valence-corrected chi connectivity index (χ2v) is 6.71. The molecule has 32 heavy (non-hydrogen) atoms. The summed E-state index contributed by atoms with van der Waals surface area (Å²) >= 11 is 0. The Labute approximate surface area is 183 Å². The number of nitrogens with one attached hydrogen (secondary N) is 1. The average Bonchev–Trinajstić information content (AvgIpc) is 2.81. The first-order valence-electron chi connectivity index (χ1n) is 9.45. The molecule has 0 aliphatic heterocycles. The van der Waals surface area contributed by atoms with Crippen LogP contribution in [-0.2, 0) is 11.4 Å². The van der Waals surface area contributed by atoms with Crippen molar-refractivity contribution in [2.45, 2.75) is 12.6 Å². The smallest absolute Gasteiger partial charge is 0.330 e. The zero-order valence-electron chi connectivity index (χ0n) is 17.0. The largest absolute Gasteiger partial charge is 0.493 e. The molecule has 2 N–H and O–H groups in total. The molecule has 0 saturated carbocycles. The van der Waals surface area contributed by atoms with Crippen LogP contribution in [0, 0.1) is 21.4 Å². The minimum absolute atomic E-state index is 0.0398. The van der Waals surface area contributed by atoms with Crippen LogP contribution in [-0.4, -0.2) is 23.1 Å². The number of nitro groups is 1. The molecule has 3 rings (SSSR count). The first kappa shape index (κ1) is 22.1. The highest BCUT2D eigenvalue weighted by Gasteiger charge is 2.28. The van der Waals surface area contributed by atoms with E-state index in [1.807, 2.05) is 36.4 Å². The number of nitro benzene ring substituents is 1. The van der Waals surface area contributed by atoms with Crippen molar-refractivity contribution in [1.82, 2.24) is 0 Å². The van der Waals surface area contributed by atoms with Crippen LogP contribution >= 0.6 is 0 Å². The normalized spacial score (nSPS) is 11.1. The lowest BCUT2D eigenvalue weighted by molar-refractivity contribution is -0.386. The van der Waals surface area contributed by atoms with Gasteiger partial charge in [-0.25, -0.2) is 4.79 Å². The second-order valence-electron chi connectivity index (χ2n) is 6.71. The fraction of sp³-hybridized carbons (Fsp3) is 0.130. The Balaban J connectivity index is 1.96. The lowest BCUT2D eigenvalue weighted by Crippen LogP contribution is -2.21. The molecule has 0 bridgehead atoms. The van der Waals surface area contributed by atoms with Gasteiger partial charge in [-0.1, -0.05) is 30.3 Å². The molecule has 0 saturated heterocycles. The fourth-order valence-electron chi connectivity index (χ4n) is 3.03. The number of carboxylic acids is 1. The predicted octanol–water partition coefficient (Wildman–Crippen LogP) is 4.29. The molecule has 162 valence electrons. The quantitative estimate of drug-likeness (QED) is 0.377. The number of methoxy groups -OCH3 is 1. The van der Waals surface area contributed by atoms with Gasteiger partial charge in [-0.3, -0.25) is 10.1 Å². The van der Waals surface area contributed by atoms with Gasteiger partial charge in [0.15, 0.2) is 11.8 Å². The number of aliphatic carboxylic acids is 1. The number of anilines is 1. The van der Waals surface area contributed by atoms with Crippen LogP contribution in [0.5, 0.6) is 11.5 Å². The Morgan fingerprint density at radius 1 is 1.19 bits per heavy atom. The molecule has 0 radical (unpaired) electrons. The average molecular weight is 433 g/mol. The minimum Gasteiger partial charge on any atom is -0.493 e. The molecule has 0 aliphatic carbocycles. The Morgan fingerprint density at radius 3 is 2.44 bits per heavy atom. The van der Waals surface area contributed by atoms with Gasteiger partial charge < -0.3 is 19.9 Å². The number of ether oxygens (including phenoxy) is 2. The molecule has 3 aromatic rings. The SMILES string of the molecule is COc1cc(C(Nc2ccc(C#N)cc2)C(=O)O)cc([N+](=O)[O-])c1OCc1ccccc1. The summed E-state index contributed by atoms with van der Waals surface area (Å²) in [5.41, 5.74) is 1.35. The van der Waals surface area contributed by atoms with Crippen molar-refractivity contribution < 1.29 is 24.3 Å². The van der Waals surface area contributed by atoms with Crippen molar-refractivity contribution >= 4 is 17.3 Å². The number of rotatable bonds is 9. The number of benzene rings is 3. The summed E-state index contributed by atoms with van der Waals surface area (Å²) in [5.74, 6) is -1.30. The molecule has 0 spiro atoms. The minimum atomic E-state index is -1.31.